The van der Waals surface area contributed by atoms with Gasteiger partial charge < -0.3 is 5.32 Å². The lowest BCUT2D eigenvalue weighted by molar-refractivity contribution is -0.0521. The first-order valence-corrected chi connectivity index (χ1v) is 11.4. The number of benzene rings is 1. The first-order chi connectivity index (χ1) is 14.9. The van der Waals surface area contributed by atoms with Gasteiger partial charge >= 0.3 is 0 Å². The number of hydrogen-bond donors (Lipinski definition) is 1. The standard InChI is InChI=1S/C23H26ClF3N4/c24-20-2-1-16(25)11-19(20)21-3-4-22(30-29-21)28-17-9-14-12-31(13-15(14)10-17)18-5-7-23(26,27)8-6-18/h1-4,11,14-15,17-18H,5-10,12-13H2,(H,28,30). The Labute approximate surface area is 185 Å². The van der Waals surface area contributed by atoms with Crippen molar-refractivity contribution in [3.8, 4) is 11.3 Å². The number of aromatic nitrogens is 2. The summed E-state index contributed by atoms with van der Waals surface area (Å²) in [7, 11) is 0. The average Bonchev–Trinajstić information content (AvgIpc) is 3.29. The van der Waals surface area contributed by atoms with Gasteiger partial charge in [-0.15, -0.1) is 10.2 Å². The monoisotopic (exact) mass is 450 g/mol. The minimum Gasteiger partial charge on any atom is -0.366 e. The van der Waals surface area contributed by atoms with Crippen molar-refractivity contribution in [2.45, 2.75) is 56.5 Å². The Balaban J connectivity index is 1.15. The number of hydrogen-bond acceptors (Lipinski definition) is 4. The van der Waals surface area contributed by atoms with Crippen molar-refractivity contribution in [3.63, 3.8) is 0 Å². The van der Waals surface area contributed by atoms with Gasteiger partial charge in [0.1, 0.15) is 11.6 Å². The van der Waals surface area contributed by atoms with E-state index in [1.165, 1.54) is 18.2 Å². The number of fused-ring (bicyclic) bond motifs is 1. The molecule has 0 amide bonds. The fourth-order valence-electron chi connectivity index (χ4n) is 5.60. The van der Waals surface area contributed by atoms with E-state index in [1.807, 2.05) is 6.07 Å². The Bertz CT molecular complexity index is 915. The van der Waals surface area contributed by atoms with E-state index < -0.39 is 5.92 Å². The van der Waals surface area contributed by atoms with Crippen LogP contribution in [0.15, 0.2) is 30.3 Å². The van der Waals surface area contributed by atoms with E-state index in [0.29, 0.717) is 58.9 Å². The predicted octanol–water partition coefficient (Wildman–Crippen LogP) is 5.64. The molecule has 2 aliphatic carbocycles. The zero-order valence-corrected chi connectivity index (χ0v) is 18.0. The molecule has 0 bridgehead atoms. The van der Waals surface area contributed by atoms with E-state index in [-0.39, 0.29) is 18.7 Å². The number of anilines is 1. The zero-order chi connectivity index (χ0) is 21.6. The molecule has 3 aliphatic rings. The van der Waals surface area contributed by atoms with Crippen LogP contribution >= 0.6 is 11.6 Å². The van der Waals surface area contributed by atoms with Crippen molar-refractivity contribution in [1.82, 2.24) is 15.1 Å². The van der Waals surface area contributed by atoms with Crippen molar-refractivity contribution in [2.75, 3.05) is 18.4 Å². The van der Waals surface area contributed by atoms with Gasteiger partial charge in [0.05, 0.1) is 10.7 Å². The maximum atomic E-state index is 13.5. The van der Waals surface area contributed by atoms with Crippen LogP contribution in [0.1, 0.15) is 38.5 Å². The Morgan fingerprint density at radius 1 is 1.00 bits per heavy atom. The highest BCUT2D eigenvalue weighted by molar-refractivity contribution is 6.33. The second-order valence-electron chi connectivity index (χ2n) is 9.30. The quantitative estimate of drug-likeness (QED) is 0.654. The van der Waals surface area contributed by atoms with E-state index in [0.717, 1.165) is 25.9 Å². The molecule has 2 unspecified atom stereocenters. The summed E-state index contributed by atoms with van der Waals surface area (Å²) in [5.74, 6) is -0.904. The van der Waals surface area contributed by atoms with E-state index in [9.17, 15) is 13.2 Å². The normalized spacial score (nSPS) is 28.6. The molecule has 166 valence electrons. The third-order valence-electron chi connectivity index (χ3n) is 7.20. The molecule has 2 saturated carbocycles. The smallest absolute Gasteiger partial charge is 0.248 e. The first-order valence-electron chi connectivity index (χ1n) is 11.0. The summed E-state index contributed by atoms with van der Waals surface area (Å²) in [5, 5.41) is 12.4. The summed E-state index contributed by atoms with van der Waals surface area (Å²) in [6, 6.07) is 8.50. The fourth-order valence-corrected chi connectivity index (χ4v) is 5.81. The number of nitrogens with zero attached hydrogens (tertiary/aromatic N) is 3. The van der Waals surface area contributed by atoms with Gasteiger partial charge in [0.25, 0.3) is 0 Å². The lowest BCUT2D eigenvalue weighted by atomic mass is 9.91. The van der Waals surface area contributed by atoms with Crippen LogP contribution in [0.4, 0.5) is 19.0 Å². The molecule has 0 spiro atoms. The molecule has 2 aromatic rings. The van der Waals surface area contributed by atoms with Gasteiger partial charge in [-0.3, -0.25) is 4.90 Å². The van der Waals surface area contributed by atoms with Crippen LogP contribution in [-0.2, 0) is 0 Å². The lowest BCUT2D eigenvalue weighted by Gasteiger charge is -2.35. The van der Waals surface area contributed by atoms with Gasteiger partial charge in [-0.25, -0.2) is 13.2 Å². The lowest BCUT2D eigenvalue weighted by Crippen LogP contribution is -2.40. The Morgan fingerprint density at radius 3 is 2.35 bits per heavy atom. The van der Waals surface area contributed by atoms with Crippen molar-refractivity contribution < 1.29 is 13.2 Å². The summed E-state index contributed by atoms with van der Waals surface area (Å²) in [4.78, 5) is 2.46. The van der Waals surface area contributed by atoms with Gasteiger partial charge in [0, 0.05) is 43.6 Å². The number of alkyl halides is 2. The van der Waals surface area contributed by atoms with Crippen LogP contribution < -0.4 is 5.32 Å². The zero-order valence-electron chi connectivity index (χ0n) is 17.2. The van der Waals surface area contributed by atoms with Gasteiger partial charge in [-0.05, 0) is 67.9 Å². The highest BCUT2D eigenvalue weighted by atomic mass is 35.5. The molecule has 31 heavy (non-hydrogen) atoms. The van der Waals surface area contributed by atoms with Crippen molar-refractivity contribution in [3.05, 3.63) is 41.2 Å². The second-order valence-corrected chi connectivity index (χ2v) is 9.71. The molecule has 1 saturated heterocycles. The molecule has 8 heteroatoms. The highest BCUT2D eigenvalue weighted by Gasteiger charge is 2.45. The number of halogens is 4. The Kier molecular flexibility index (Phi) is 5.59. The van der Waals surface area contributed by atoms with E-state index >= 15 is 0 Å². The molecule has 1 N–H and O–H groups in total. The molecular formula is C23H26ClF3N4. The fraction of sp³-hybridized carbons (Fsp3) is 0.565. The molecule has 0 radical (unpaired) electrons. The Morgan fingerprint density at radius 2 is 1.71 bits per heavy atom. The molecular weight excluding hydrogens is 425 g/mol. The number of rotatable bonds is 4. The second kappa shape index (κ2) is 8.24. The molecule has 3 fully saturated rings. The number of nitrogens with one attached hydrogen (secondary N) is 1. The summed E-state index contributed by atoms with van der Waals surface area (Å²) in [6.07, 6.45) is 3.41. The molecule has 1 aromatic heterocycles. The average molecular weight is 451 g/mol. The third kappa shape index (κ3) is 4.53. The number of likely N-dealkylation sites (tertiary alicyclic amines) is 1. The van der Waals surface area contributed by atoms with Gasteiger partial charge in [-0.2, -0.15) is 0 Å². The SMILES string of the molecule is Fc1ccc(Cl)c(-c2ccc(NC3CC4CN(C5CCC(F)(F)CC5)CC4C3)nn2)c1. The van der Waals surface area contributed by atoms with E-state index in [4.69, 9.17) is 11.6 Å². The first kappa shape index (κ1) is 21.0. The molecule has 2 atom stereocenters. The summed E-state index contributed by atoms with van der Waals surface area (Å²) < 4.78 is 40.4. The topological polar surface area (TPSA) is 41.0 Å². The maximum Gasteiger partial charge on any atom is 0.248 e. The summed E-state index contributed by atoms with van der Waals surface area (Å²) >= 11 is 6.15. The largest absolute Gasteiger partial charge is 0.366 e. The Hall–Kier alpha value is -1.86. The predicted molar refractivity (Wildman–Crippen MR) is 115 cm³/mol. The van der Waals surface area contributed by atoms with E-state index in [1.54, 1.807) is 6.07 Å². The van der Waals surface area contributed by atoms with Crippen molar-refractivity contribution in [1.29, 1.82) is 0 Å². The summed E-state index contributed by atoms with van der Waals surface area (Å²) in [6.45, 7) is 2.03. The van der Waals surface area contributed by atoms with Gasteiger partial charge in [0.2, 0.25) is 5.92 Å². The van der Waals surface area contributed by atoms with Crippen LogP contribution in [0.25, 0.3) is 11.3 Å². The van der Waals surface area contributed by atoms with Crippen molar-refractivity contribution in [2.24, 2.45) is 11.8 Å². The molecule has 1 aliphatic heterocycles. The molecule has 2 heterocycles. The minimum absolute atomic E-state index is 0.0309. The van der Waals surface area contributed by atoms with Crippen LogP contribution in [0.3, 0.4) is 0 Å². The van der Waals surface area contributed by atoms with Gasteiger partial charge in [-0.1, -0.05) is 11.6 Å². The van der Waals surface area contributed by atoms with Crippen LogP contribution in [0, 0.1) is 17.7 Å². The molecule has 1 aromatic carbocycles. The maximum absolute atomic E-state index is 13.5. The highest BCUT2D eigenvalue weighted by Crippen LogP contribution is 2.43. The minimum atomic E-state index is -2.46. The third-order valence-corrected chi connectivity index (χ3v) is 7.53. The van der Waals surface area contributed by atoms with Crippen molar-refractivity contribution >= 4 is 17.4 Å². The van der Waals surface area contributed by atoms with Crippen LogP contribution in [0.2, 0.25) is 5.02 Å². The molecule has 4 nitrogen and oxygen atoms in total. The van der Waals surface area contributed by atoms with Gasteiger partial charge in [0.15, 0.2) is 0 Å². The van der Waals surface area contributed by atoms with Crippen LogP contribution in [-0.4, -0.2) is 46.2 Å². The van der Waals surface area contributed by atoms with E-state index in [2.05, 4.69) is 20.4 Å². The molecule has 5 rings (SSSR count). The summed E-state index contributed by atoms with van der Waals surface area (Å²) in [5.41, 5.74) is 1.06. The van der Waals surface area contributed by atoms with Crippen LogP contribution in [0.5, 0.6) is 0 Å².